The Morgan fingerprint density at radius 3 is 3.09 bits per heavy atom. The first-order valence-corrected chi connectivity index (χ1v) is 9.21. The fourth-order valence-corrected chi connectivity index (χ4v) is 4.01. The molecule has 130 valence electrons. The number of carbonyl (C=O) groups is 1. The fraction of sp³-hybridized carbons (Fsp3) is 0.833. The van der Waals surface area contributed by atoms with Gasteiger partial charge >= 0.3 is 5.97 Å². The van der Waals surface area contributed by atoms with Crippen molar-refractivity contribution < 1.29 is 9.53 Å². The molecule has 0 amide bonds. The maximum absolute atomic E-state index is 12.3. The van der Waals surface area contributed by atoms with Crippen molar-refractivity contribution in [2.75, 3.05) is 33.4 Å². The van der Waals surface area contributed by atoms with Gasteiger partial charge in [-0.05, 0) is 51.6 Å². The lowest BCUT2D eigenvalue weighted by atomic mass is 10.0. The Bertz CT molecular complexity index is 440. The van der Waals surface area contributed by atoms with Gasteiger partial charge in [-0.15, -0.1) is 0 Å². The lowest BCUT2D eigenvalue weighted by Crippen LogP contribution is -2.53. The van der Waals surface area contributed by atoms with Crippen molar-refractivity contribution in [3.05, 3.63) is 12.2 Å². The number of allylic oxidation sites excluding steroid dienone is 1. The molecule has 3 aliphatic rings. The molecule has 3 unspecified atom stereocenters. The van der Waals surface area contributed by atoms with E-state index in [1.54, 1.807) is 0 Å². The molecule has 2 N–H and O–H groups in total. The summed E-state index contributed by atoms with van der Waals surface area (Å²) in [5, 5.41) is 7.16. The van der Waals surface area contributed by atoms with Crippen molar-refractivity contribution in [1.82, 2.24) is 15.5 Å². The molecule has 0 bridgehead atoms. The van der Waals surface area contributed by atoms with Crippen LogP contribution in [0.2, 0.25) is 0 Å². The summed E-state index contributed by atoms with van der Waals surface area (Å²) >= 11 is 0. The highest BCUT2D eigenvalue weighted by Crippen LogP contribution is 2.45. The summed E-state index contributed by atoms with van der Waals surface area (Å²) in [5.41, 5.74) is -0.466. The number of methoxy groups -OCH3 is 1. The van der Waals surface area contributed by atoms with Gasteiger partial charge in [0.2, 0.25) is 0 Å². The lowest BCUT2D eigenvalue weighted by molar-refractivity contribution is -0.144. The van der Waals surface area contributed by atoms with Crippen LogP contribution < -0.4 is 10.6 Å². The average Bonchev–Trinajstić information content (AvgIpc) is 3.29. The molecule has 3 atom stereocenters. The highest BCUT2D eigenvalue weighted by atomic mass is 16.5. The smallest absolute Gasteiger partial charge is 0.326 e. The summed E-state index contributed by atoms with van der Waals surface area (Å²) < 4.78 is 5.08. The van der Waals surface area contributed by atoms with E-state index in [9.17, 15) is 4.79 Å². The first-order chi connectivity index (χ1) is 11.3. The zero-order valence-electron chi connectivity index (χ0n) is 14.4. The van der Waals surface area contributed by atoms with Crippen LogP contribution in [0, 0.1) is 5.92 Å². The molecule has 0 spiro atoms. The van der Waals surface area contributed by atoms with E-state index in [0.717, 1.165) is 39.1 Å². The first-order valence-electron chi connectivity index (χ1n) is 9.21. The van der Waals surface area contributed by atoms with E-state index in [4.69, 9.17) is 4.74 Å². The minimum Gasteiger partial charge on any atom is -0.468 e. The quantitative estimate of drug-likeness (QED) is 0.568. The van der Waals surface area contributed by atoms with Gasteiger partial charge in [0, 0.05) is 25.2 Å². The number of carbonyl (C=O) groups excluding carboxylic acids is 1. The summed E-state index contributed by atoms with van der Waals surface area (Å²) in [7, 11) is 1.50. The van der Waals surface area contributed by atoms with E-state index < -0.39 is 5.54 Å². The molecule has 1 aliphatic carbocycles. The van der Waals surface area contributed by atoms with E-state index >= 15 is 0 Å². The summed E-state index contributed by atoms with van der Waals surface area (Å²) in [6, 6.07) is 0.519. The number of piperidine rings is 1. The Kier molecular flexibility index (Phi) is 5.72. The van der Waals surface area contributed by atoms with Crippen molar-refractivity contribution in [3.63, 3.8) is 0 Å². The van der Waals surface area contributed by atoms with Crippen LogP contribution in [0.25, 0.3) is 0 Å². The molecular formula is C18H31N3O2. The van der Waals surface area contributed by atoms with Crippen LogP contribution in [0.1, 0.15) is 44.9 Å². The maximum Gasteiger partial charge on any atom is 0.326 e. The maximum atomic E-state index is 12.3. The molecule has 3 rings (SSSR count). The van der Waals surface area contributed by atoms with E-state index in [2.05, 4.69) is 27.7 Å². The number of nitrogens with one attached hydrogen (secondary N) is 2. The fourth-order valence-electron chi connectivity index (χ4n) is 4.01. The second-order valence-electron chi connectivity index (χ2n) is 7.20. The molecule has 1 saturated heterocycles. The average molecular weight is 321 g/mol. The van der Waals surface area contributed by atoms with Gasteiger partial charge in [0.15, 0.2) is 0 Å². The number of hydrogen-bond acceptors (Lipinski definition) is 5. The summed E-state index contributed by atoms with van der Waals surface area (Å²) in [5.74, 6) is 0.202. The molecule has 0 radical (unpaired) electrons. The second kappa shape index (κ2) is 7.77. The van der Waals surface area contributed by atoms with E-state index in [-0.39, 0.29) is 5.97 Å². The lowest BCUT2D eigenvalue weighted by Gasteiger charge is -2.37. The zero-order chi connectivity index (χ0) is 16.1. The van der Waals surface area contributed by atoms with Crippen molar-refractivity contribution in [2.24, 2.45) is 5.92 Å². The predicted molar refractivity (Wildman–Crippen MR) is 91.1 cm³/mol. The van der Waals surface area contributed by atoms with Gasteiger partial charge in [0.25, 0.3) is 0 Å². The third kappa shape index (κ3) is 3.95. The Labute approximate surface area is 139 Å². The Morgan fingerprint density at radius 1 is 1.30 bits per heavy atom. The van der Waals surface area contributed by atoms with Crippen molar-refractivity contribution in [1.29, 1.82) is 0 Å². The number of fused-ring (bicyclic) bond motifs is 2. The molecule has 1 saturated carbocycles. The topological polar surface area (TPSA) is 53.6 Å². The molecule has 0 aromatic carbocycles. The highest BCUT2D eigenvalue weighted by Gasteiger charge is 2.59. The molecule has 23 heavy (non-hydrogen) atoms. The van der Waals surface area contributed by atoms with Crippen LogP contribution in [0.15, 0.2) is 12.2 Å². The standard InChI is InChI=1S/C18H31N3O2/c1-23-17(22)18-12-15(18)8-4-2-3-6-10-19-14-21-11-7-5-9-16(21)13-20-18/h4,8,15-16,19-20H,2-3,5-7,9-14H2,1H3/b8-4+. The van der Waals surface area contributed by atoms with Gasteiger partial charge in [-0.25, -0.2) is 0 Å². The Morgan fingerprint density at radius 2 is 2.22 bits per heavy atom. The summed E-state index contributed by atoms with van der Waals surface area (Å²) in [6.45, 7) is 4.10. The number of hydrogen-bond donors (Lipinski definition) is 2. The van der Waals surface area contributed by atoms with E-state index in [1.807, 2.05) is 0 Å². The van der Waals surface area contributed by atoms with Gasteiger partial charge in [-0.3, -0.25) is 15.0 Å². The minimum absolute atomic E-state index is 0.0975. The minimum atomic E-state index is -0.466. The Balaban J connectivity index is 1.69. The molecular weight excluding hydrogens is 290 g/mol. The molecule has 0 aromatic heterocycles. The highest BCUT2D eigenvalue weighted by molar-refractivity contribution is 5.85. The molecule has 5 nitrogen and oxygen atoms in total. The van der Waals surface area contributed by atoms with Crippen molar-refractivity contribution >= 4 is 5.97 Å². The molecule has 2 aliphatic heterocycles. The van der Waals surface area contributed by atoms with Gasteiger partial charge in [-0.2, -0.15) is 0 Å². The van der Waals surface area contributed by atoms with E-state index in [1.165, 1.54) is 39.2 Å². The summed E-state index contributed by atoms with van der Waals surface area (Å²) in [4.78, 5) is 14.8. The molecule has 5 heteroatoms. The normalized spacial score (nSPS) is 37.8. The van der Waals surface area contributed by atoms with Gasteiger partial charge in [0.1, 0.15) is 5.54 Å². The first kappa shape index (κ1) is 16.9. The monoisotopic (exact) mass is 321 g/mol. The van der Waals surface area contributed by atoms with Gasteiger partial charge < -0.3 is 10.1 Å². The summed E-state index contributed by atoms with van der Waals surface area (Å²) in [6.07, 6.45) is 12.7. The second-order valence-corrected chi connectivity index (χ2v) is 7.20. The number of esters is 1. The predicted octanol–water partition coefficient (Wildman–Crippen LogP) is 1.65. The number of nitrogens with zero attached hydrogens (tertiary/aromatic N) is 1. The molecule has 2 heterocycles. The van der Waals surface area contributed by atoms with Crippen LogP contribution in [-0.4, -0.2) is 55.9 Å². The van der Waals surface area contributed by atoms with Crippen LogP contribution in [0.4, 0.5) is 0 Å². The SMILES string of the molecule is COC(=O)C12CC1/C=C/CCCCNCN1CCCCC1CN2. The van der Waals surface area contributed by atoms with Crippen LogP contribution in [0.3, 0.4) is 0 Å². The van der Waals surface area contributed by atoms with Crippen LogP contribution >= 0.6 is 0 Å². The molecule has 0 aromatic rings. The van der Waals surface area contributed by atoms with E-state index in [0.29, 0.717) is 12.0 Å². The number of ether oxygens (including phenoxy) is 1. The van der Waals surface area contributed by atoms with Gasteiger partial charge in [0.05, 0.1) is 7.11 Å². The van der Waals surface area contributed by atoms with Gasteiger partial charge in [-0.1, -0.05) is 18.6 Å². The third-order valence-electron chi connectivity index (χ3n) is 5.62. The van der Waals surface area contributed by atoms with Crippen molar-refractivity contribution in [3.8, 4) is 0 Å². The third-order valence-corrected chi connectivity index (χ3v) is 5.62. The van der Waals surface area contributed by atoms with Crippen LogP contribution in [0.5, 0.6) is 0 Å². The largest absolute Gasteiger partial charge is 0.468 e. The Hall–Kier alpha value is -0.910. The number of rotatable bonds is 1. The zero-order valence-corrected chi connectivity index (χ0v) is 14.4. The van der Waals surface area contributed by atoms with Crippen molar-refractivity contribution in [2.45, 2.75) is 56.5 Å². The molecule has 2 fully saturated rings. The van der Waals surface area contributed by atoms with Crippen LogP contribution in [-0.2, 0) is 9.53 Å².